The number of phenolic OH excluding ortho intramolecular Hbond substituents is 1. The van der Waals surface area contributed by atoms with Crippen LogP contribution in [0.4, 0.5) is 0 Å². The van der Waals surface area contributed by atoms with E-state index in [1.807, 2.05) is 9.80 Å². The van der Waals surface area contributed by atoms with E-state index in [2.05, 4.69) is 4.84 Å². The van der Waals surface area contributed by atoms with Gasteiger partial charge in [-0.3, -0.25) is 9.80 Å². The highest BCUT2D eigenvalue weighted by atomic mass is 16.9. The summed E-state index contributed by atoms with van der Waals surface area (Å²) < 4.78 is 10.2. The smallest absolute Gasteiger partial charge is 0.339 e. The van der Waals surface area contributed by atoms with Gasteiger partial charge in [0.25, 0.3) is 5.09 Å². The predicted molar refractivity (Wildman–Crippen MR) is 85.9 cm³/mol. The van der Waals surface area contributed by atoms with Crippen molar-refractivity contribution in [2.24, 2.45) is 0 Å². The van der Waals surface area contributed by atoms with Gasteiger partial charge in [0.1, 0.15) is 13.3 Å². The van der Waals surface area contributed by atoms with E-state index in [0.717, 1.165) is 0 Å². The van der Waals surface area contributed by atoms with Gasteiger partial charge in [-0.25, -0.2) is 4.79 Å². The van der Waals surface area contributed by atoms with Crippen molar-refractivity contribution in [2.75, 3.05) is 53.2 Å². The van der Waals surface area contributed by atoms with Gasteiger partial charge in [0.05, 0.1) is 12.7 Å². The zero-order valence-corrected chi connectivity index (χ0v) is 13.9. The molecule has 2 rings (SSSR count). The fourth-order valence-corrected chi connectivity index (χ4v) is 2.42. The third kappa shape index (κ3) is 5.76. The van der Waals surface area contributed by atoms with E-state index in [1.165, 1.54) is 25.3 Å². The summed E-state index contributed by atoms with van der Waals surface area (Å²) in [6, 6.07) is 4.26. The second-order valence-corrected chi connectivity index (χ2v) is 5.46. The minimum Gasteiger partial charge on any atom is -0.504 e. The van der Waals surface area contributed by atoms with Crippen molar-refractivity contribution in [3.63, 3.8) is 0 Å². The van der Waals surface area contributed by atoms with Crippen LogP contribution < -0.4 is 4.74 Å². The molecule has 0 unspecified atom stereocenters. The van der Waals surface area contributed by atoms with Gasteiger partial charge < -0.3 is 19.4 Å². The molecular weight excluding hydrogens is 334 g/mol. The maximum Gasteiger partial charge on any atom is 0.339 e. The van der Waals surface area contributed by atoms with Crippen LogP contribution in [0.2, 0.25) is 0 Å². The van der Waals surface area contributed by atoms with Crippen molar-refractivity contribution in [3.8, 4) is 11.5 Å². The van der Waals surface area contributed by atoms with E-state index in [-0.39, 0.29) is 24.8 Å². The van der Waals surface area contributed by atoms with Crippen LogP contribution in [0.25, 0.3) is 0 Å². The molecule has 1 N–H and O–H groups in total. The number of piperazine rings is 1. The Morgan fingerprint density at radius 3 is 2.60 bits per heavy atom. The lowest BCUT2D eigenvalue weighted by Crippen LogP contribution is -2.48. The van der Waals surface area contributed by atoms with Gasteiger partial charge in [0.15, 0.2) is 11.5 Å². The Morgan fingerprint density at radius 1 is 1.28 bits per heavy atom. The molecule has 1 aliphatic rings. The molecule has 0 spiro atoms. The third-order valence-corrected chi connectivity index (χ3v) is 3.86. The molecule has 1 aromatic carbocycles. The first-order chi connectivity index (χ1) is 12.0. The number of phenols is 1. The molecule has 25 heavy (non-hydrogen) atoms. The quantitative estimate of drug-likeness (QED) is 0.400. The van der Waals surface area contributed by atoms with Gasteiger partial charge in [0.2, 0.25) is 0 Å². The van der Waals surface area contributed by atoms with Crippen LogP contribution in [0, 0.1) is 10.1 Å². The lowest BCUT2D eigenvalue weighted by Gasteiger charge is -2.33. The standard InChI is InChI=1S/C15H21N3O7/c1-23-14-10-12(2-3-13(14)19)15(20)24-11-17-6-4-16(5-7-17)8-9-25-18(21)22/h2-3,10,19H,4-9,11H2,1H3. The number of ether oxygens (including phenoxy) is 2. The maximum atomic E-state index is 12.1. The fourth-order valence-electron chi connectivity index (χ4n) is 2.42. The zero-order chi connectivity index (χ0) is 18.2. The average molecular weight is 355 g/mol. The molecule has 0 atom stereocenters. The Hall–Kier alpha value is -2.59. The Bertz CT molecular complexity index is 603. The molecule has 1 heterocycles. The van der Waals surface area contributed by atoms with Gasteiger partial charge in [0, 0.05) is 32.7 Å². The Morgan fingerprint density at radius 2 is 1.96 bits per heavy atom. The number of carbonyl (C=O) groups is 1. The molecule has 10 nitrogen and oxygen atoms in total. The maximum absolute atomic E-state index is 12.1. The van der Waals surface area contributed by atoms with E-state index in [4.69, 9.17) is 9.47 Å². The van der Waals surface area contributed by atoms with Crippen molar-refractivity contribution in [1.82, 2.24) is 9.80 Å². The average Bonchev–Trinajstić information content (AvgIpc) is 2.61. The molecule has 1 aliphatic heterocycles. The van der Waals surface area contributed by atoms with E-state index in [1.54, 1.807) is 0 Å². The van der Waals surface area contributed by atoms with Gasteiger partial charge in [-0.2, -0.15) is 0 Å². The Labute approximate surface area is 144 Å². The van der Waals surface area contributed by atoms with Gasteiger partial charge in [-0.1, -0.05) is 0 Å². The molecule has 1 fully saturated rings. The van der Waals surface area contributed by atoms with E-state index < -0.39 is 11.1 Å². The zero-order valence-electron chi connectivity index (χ0n) is 13.9. The van der Waals surface area contributed by atoms with E-state index >= 15 is 0 Å². The minimum absolute atomic E-state index is 0.0452. The number of rotatable bonds is 8. The summed E-state index contributed by atoms with van der Waals surface area (Å²) in [6.45, 7) is 3.49. The normalized spacial score (nSPS) is 15.6. The highest BCUT2D eigenvalue weighted by Gasteiger charge is 2.19. The highest BCUT2D eigenvalue weighted by molar-refractivity contribution is 5.90. The molecule has 0 radical (unpaired) electrons. The summed E-state index contributed by atoms with van der Waals surface area (Å²) in [5.74, 6) is -0.337. The molecule has 0 aliphatic carbocycles. The molecular formula is C15H21N3O7. The topological polar surface area (TPSA) is 115 Å². The number of hydrogen-bond acceptors (Lipinski definition) is 9. The van der Waals surface area contributed by atoms with Crippen molar-refractivity contribution in [2.45, 2.75) is 0 Å². The lowest BCUT2D eigenvalue weighted by molar-refractivity contribution is -0.757. The number of methoxy groups -OCH3 is 1. The molecule has 138 valence electrons. The molecule has 1 saturated heterocycles. The summed E-state index contributed by atoms with van der Waals surface area (Å²) in [7, 11) is 1.40. The lowest BCUT2D eigenvalue weighted by atomic mass is 10.2. The molecule has 0 saturated carbocycles. The molecule has 10 heteroatoms. The first-order valence-corrected chi connectivity index (χ1v) is 7.75. The number of nitrogens with zero attached hydrogens (tertiary/aromatic N) is 3. The largest absolute Gasteiger partial charge is 0.504 e. The monoisotopic (exact) mass is 355 g/mol. The van der Waals surface area contributed by atoms with Crippen LogP contribution in [0.3, 0.4) is 0 Å². The molecule has 0 bridgehead atoms. The number of hydrogen-bond donors (Lipinski definition) is 1. The van der Waals surface area contributed by atoms with Crippen molar-refractivity contribution in [1.29, 1.82) is 0 Å². The summed E-state index contributed by atoms with van der Waals surface area (Å²) in [4.78, 5) is 30.5. The Kier molecular flexibility index (Phi) is 6.78. The Balaban J connectivity index is 1.72. The van der Waals surface area contributed by atoms with Gasteiger partial charge >= 0.3 is 5.97 Å². The predicted octanol–water partition coefficient (Wildman–Crippen LogP) is 0.341. The van der Waals surface area contributed by atoms with Crippen LogP contribution >= 0.6 is 0 Å². The highest BCUT2D eigenvalue weighted by Crippen LogP contribution is 2.26. The second kappa shape index (κ2) is 9.04. The van der Waals surface area contributed by atoms with Crippen LogP contribution in [0.1, 0.15) is 10.4 Å². The van der Waals surface area contributed by atoms with E-state index in [9.17, 15) is 20.0 Å². The summed E-state index contributed by atoms with van der Waals surface area (Å²) in [5.41, 5.74) is 0.296. The molecule has 1 aromatic rings. The number of benzene rings is 1. The fraction of sp³-hybridized carbons (Fsp3) is 0.533. The first kappa shape index (κ1) is 18.7. The van der Waals surface area contributed by atoms with Gasteiger partial charge in [-0.15, -0.1) is 10.1 Å². The van der Waals surface area contributed by atoms with Crippen LogP contribution in [0.5, 0.6) is 11.5 Å². The van der Waals surface area contributed by atoms with Crippen LogP contribution in [-0.4, -0.2) is 79.1 Å². The molecule has 0 aromatic heterocycles. The first-order valence-electron chi connectivity index (χ1n) is 7.75. The van der Waals surface area contributed by atoms with Crippen molar-refractivity contribution in [3.05, 3.63) is 33.9 Å². The number of aromatic hydroxyl groups is 1. The van der Waals surface area contributed by atoms with E-state index in [0.29, 0.717) is 38.3 Å². The van der Waals surface area contributed by atoms with Crippen molar-refractivity contribution < 1.29 is 29.3 Å². The summed E-state index contributed by atoms with van der Waals surface area (Å²) in [5, 5.41) is 18.8. The molecule has 0 amide bonds. The van der Waals surface area contributed by atoms with Crippen LogP contribution in [0.15, 0.2) is 18.2 Å². The minimum atomic E-state index is -0.798. The van der Waals surface area contributed by atoms with Crippen molar-refractivity contribution >= 4 is 5.97 Å². The number of esters is 1. The van der Waals surface area contributed by atoms with Crippen LogP contribution in [-0.2, 0) is 9.57 Å². The third-order valence-electron chi connectivity index (χ3n) is 3.86. The number of carbonyl (C=O) groups excluding carboxylic acids is 1. The summed E-state index contributed by atoms with van der Waals surface area (Å²) >= 11 is 0. The van der Waals surface area contributed by atoms with Gasteiger partial charge in [-0.05, 0) is 18.2 Å². The summed E-state index contributed by atoms with van der Waals surface area (Å²) in [6.07, 6.45) is 0. The second-order valence-electron chi connectivity index (χ2n) is 5.46. The SMILES string of the molecule is COc1cc(C(=O)OCN2CCN(CCO[N+](=O)[O-])CC2)ccc1O.